The highest BCUT2D eigenvalue weighted by Crippen LogP contribution is 2.27. The van der Waals surface area contributed by atoms with Crippen LogP contribution in [0.15, 0.2) is 47.5 Å². The molecule has 22 heavy (non-hydrogen) atoms. The average molecular weight is 355 g/mol. The van der Waals surface area contributed by atoms with Gasteiger partial charge in [0.15, 0.2) is 4.47 Å². The number of hydrogen-bond donors (Lipinski definition) is 2. The fourth-order valence-corrected chi connectivity index (χ4v) is 3.54. The minimum absolute atomic E-state index is 0.130. The Balaban J connectivity index is 1.97. The van der Waals surface area contributed by atoms with Crippen LogP contribution in [0.25, 0.3) is 10.8 Å². The maximum Gasteiger partial charge on any atom is 0.294 e. The standard InChI is InChI=1S/C14H11ClN2O3S2/c15-14-17-8-10(21-14)7-16-13-3-1-2-9-4-5-11(6-12(9)13)22(18,19)20/h1-6,8,16H,7H2,(H,18,19,20). The maximum atomic E-state index is 11.3. The molecule has 0 amide bonds. The van der Waals surface area contributed by atoms with E-state index in [9.17, 15) is 13.0 Å². The molecule has 0 aliphatic heterocycles. The van der Waals surface area contributed by atoms with E-state index in [2.05, 4.69) is 10.3 Å². The summed E-state index contributed by atoms with van der Waals surface area (Å²) in [6, 6.07) is 10.1. The molecule has 0 saturated heterocycles. The summed E-state index contributed by atoms with van der Waals surface area (Å²) in [6.07, 6.45) is 1.69. The summed E-state index contributed by atoms with van der Waals surface area (Å²) < 4.78 is 32.2. The first-order valence-corrected chi connectivity index (χ1v) is 8.91. The third-order valence-corrected chi connectivity index (χ3v) is 5.09. The SMILES string of the molecule is O=S(=O)(O)c1ccc2cccc(NCc3cnc(Cl)s3)c2c1. The third-order valence-electron chi connectivity index (χ3n) is 3.13. The number of nitrogens with zero attached hydrogens (tertiary/aromatic N) is 1. The quantitative estimate of drug-likeness (QED) is 0.696. The van der Waals surface area contributed by atoms with Crippen LogP contribution in [0.4, 0.5) is 5.69 Å². The van der Waals surface area contributed by atoms with Crippen LogP contribution in [0, 0.1) is 0 Å². The minimum Gasteiger partial charge on any atom is -0.380 e. The van der Waals surface area contributed by atoms with Crippen molar-refractivity contribution in [2.45, 2.75) is 11.4 Å². The predicted octanol–water partition coefficient (Wildman–Crippen LogP) is 3.81. The van der Waals surface area contributed by atoms with E-state index in [0.717, 1.165) is 16.0 Å². The van der Waals surface area contributed by atoms with Crippen LogP contribution in [-0.4, -0.2) is 18.0 Å². The van der Waals surface area contributed by atoms with E-state index >= 15 is 0 Å². The average Bonchev–Trinajstić information content (AvgIpc) is 2.89. The zero-order valence-corrected chi connectivity index (χ0v) is 13.5. The molecular weight excluding hydrogens is 344 g/mol. The fraction of sp³-hybridized carbons (Fsp3) is 0.0714. The van der Waals surface area contributed by atoms with Crippen LogP contribution in [0.2, 0.25) is 4.47 Å². The van der Waals surface area contributed by atoms with Crippen LogP contribution in [0.5, 0.6) is 0 Å². The van der Waals surface area contributed by atoms with Gasteiger partial charge in [0.25, 0.3) is 10.1 Å². The molecule has 0 saturated carbocycles. The van der Waals surface area contributed by atoms with Crippen molar-refractivity contribution >= 4 is 49.5 Å². The zero-order chi connectivity index (χ0) is 15.7. The Morgan fingerprint density at radius 1 is 1.27 bits per heavy atom. The van der Waals surface area contributed by atoms with Crippen LogP contribution in [0.3, 0.4) is 0 Å². The molecule has 2 N–H and O–H groups in total. The molecule has 1 heterocycles. The van der Waals surface area contributed by atoms with Gasteiger partial charge in [-0.3, -0.25) is 4.55 Å². The van der Waals surface area contributed by atoms with Gasteiger partial charge in [0.2, 0.25) is 0 Å². The maximum absolute atomic E-state index is 11.3. The van der Waals surface area contributed by atoms with E-state index < -0.39 is 10.1 Å². The molecule has 0 bridgehead atoms. The number of rotatable bonds is 4. The Hall–Kier alpha value is -1.67. The summed E-state index contributed by atoms with van der Waals surface area (Å²) >= 11 is 7.17. The van der Waals surface area contributed by atoms with Gasteiger partial charge < -0.3 is 5.32 Å². The van der Waals surface area contributed by atoms with Crippen LogP contribution < -0.4 is 5.32 Å². The van der Waals surface area contributed by atoms with Crippen molar-refractivity contribution in [2.24, 2.45) is 0 Å². The number of hydrogen-bond acceptors (Lipinski definition) is 5. The molecule has 114 valence electrons. The topological polar surface area (TPSA) is 79.3 Å². The normalized spacial score (nSPS) is 11.7. The van der Waals surface area contributed by atoms with Gasteiger partial charge >= 0.3 is 0 Å². The molecule has 1 aromatic heterocycles. The lowest BCUT2D eigenvalue weighted by Crippen LogP contribution is -2.00. The van der Waals surface area contributed by atoms with Gasteiger partial charge in [0.1, 0.15) is 0 Å². The molecule has 0 fully saturated rings. The summed E-state index contributed by atoms with van der Waals surface area (Å²) in [5.41, 5.74) is 0.771. The summed E-state index contributed by atoms with van der Waals surface area (Å²) in [5.74, 6) is 0. The molecule has 0 atom stereocenters. The molecule has 3 aromatic rings. The van der Waals surface area contributed by atoms with Gasteiger partial charge in [0, 0.05) is 22.1 Å². The van der Waals surface area contributed by atoms with Crippen molar-refractivity contribution < 1.29 is 13.0 Å². The molecule has 0 aliphatic carbocycles. The summed E-state index contributed by atoms with van der Waals surface area (Å²) in [4.78, 5) is 4.81. The molecule has 0 radical (unpaired) electrons. The second kappa shape index (κ2) is 5.85. The number of anilines is 1. The Labute approximate surface area is 136 Å². The highest BCUT2D eigenvalue weighted by atomic mass is 35.5. The number of halogens is 1. The molecular formula is C14H11ClN2O3S2. The Morgan fingerprint density at radius 2 is 2.09 bits per heavy atom. The molecule has 0 spiro atoms. The summed E-state index contributed by atoms with van der Waals surface area (Å²) in [6.45, 7) is 0.527. The van der Waals surface area contributed by atoms with Gasteiger partial charge in [-0.25, -0.2) is 4.98 Å². The minimum atomic E-state index is -4.23. The Bertz CT molecular complexity index is 938. The van der Waals surface area contributed by atoms with Crippen molar-refractivity contribution in [3.05, 3.63) is 51.9 Å². The monoisotopic (exact) mass is 354 g/mol. The van der Waals surface area contributed by atoms with Gasteiger partial charge in [-0.1, -0.05) is 29.8 Å². The van der Waals surface area contributed by atoms with E-state index in [0.29, 0.717) is 16.4 Å². The predicted molar refractivity (Wildman–Crippen MR) is 88.2 cm³/mol. The highest BCUT2D eigenvalue weighted by molar-refractivity contribution is 7.85. The molecule has 0 aliphatic rings. The zero-order valence-electron chi connectivity index (χ0n) is 11.2. The van der Waals surface area contributed by atoms with E-state index in [1.54, 1.807) is 12.3 Å². The van der Waals surface area contributed by atoms with Gasteiger partial charge in [-0.05, 0) is 23.6 Å². The first-order valence-electron chi connectivity index (χ1n) is 6.28. The fourth-order valence-electron chi connectivity index (χ4n) is 2.11. The van der Waals surface area contributed by atoms with Crippen molar-refractivity contribution in [1.82, 2.24) is 4.98 Å². The van der Waals surface area contributed by atoms with E-state index in [1.165, 1.54) is 23.5 Å². The van der Waals surface area contributed by atoms with Crippen LogP contribution in [0.1, 0.15) is 4.88 Å². The molecule has 5 nitrogen and oxygen atoms in total. The number of thiazole rings is 1. The number of fused-ring (bicyclic) bond motifs is 1. The first kappa shape index (κ1) is 15.2. The largest absolute Gasteiger partial charge is 0.380 e. The van der Waals surface area contributed by atoms with Crippen molar-refractivity contribution in [1.29, 1.82) is 0 Å². The Kier molecular flexibility index (Phi) is 4.05. The first-order chi connectivity index (χ1) is 10.4. The second-order valence-electron chi connectivity index (χ2n) is 4.60. The van der Waals surface area contributed by atoms with Crippen molar-refractivity contribution in [2.75, 3.05) is 5.32 Å². The molecule has 0 unspecified atom stereocenters. The number of aromatic nitrogens is 1. The smallest absolute Gasteiger partial charge is 0.294 e. The number of nitrogens with one attached hydrogen (secondary N) is 1. The van der Waals surface area contributed by atoms with E-state index in [4.69, 9.17) is 11.6 Å². The van der Waals surface area contributed by atoms with Gasteiger partial charge in [-0.15, -0.1) is 11.3 Å². The lowest BCUT2D eigenvalue weighted by atomic mass is 10.1. The molecule has 3 rings (SSSR count). The Morgan fingerprint density at radius 3 is 2.77 bits per heavy atom. The highest BCUT2D eigenvalue weighted by Gasteiger charge is 2.11. The van der Waals surface area contributed by atoms with E-state index in [1.807, 2.05) is 18.2 Å². The summed E-state index contributed by atoms with van der Waals surface area (Å²) in [7, 11) is -4.23. The van der Waals surface area contributed by atoms with Crippen molar-refractivity contribution in [3.63, 3.8) is 0 Å². The second-order valence-corrected chi connectivity index (χ2v) is 7.72. The van der Waals surface area contributed by atoms with Crippen molar-refractivity contribution in [3.8, 4) is 0 Å². The lowest BCUT2D eigenvalue weighted by molar-refractivity contribution is 0.483. The van der Waals surface area contributed by atoms with Gasteiger partial charge in [0.05, 0.1) is 11.4 Å². The van der Waals surface area contributed by atoms with E-state index in [-0.39, 0.29) is 4.90 Å². The lowest BCUT2D eigenvalue weighted by Gasteiger charge is -2.09. The summed E-state index contributed by atoms with van der Waals surface area (Å²) in [5, 5.41) is 4.82. The van der Waals surface area contributed by atoms with Gasteiger partial charge in [-0.2, -0.15) is 8.42 Å². The molecule has 2 aromatic carbocycles. The third kappa shape index (κ3) is 3.22. The number of benzene rings is 2. The van der Waals surface area contributed by atoms with Crippen LogP contribution >= 0.6 is 22.9 Å². The molecule has 8 heteroatoms. The van der Waals surface area contributed by atoms with Crippen LogP contribution in [-0.2, 0) is 16.7 Å².